The highest BCUT2D eigenvalue weighted by atomic mass is 14.8. The average molecular weight is 533 g/mol. The molecule has 9 rings (SSSR count). The van der Waals surface area contributed by atoms with Crippen LogP contribution in [0.2, 0.25) is 0 Å². The van der Waals surface area contributed by atoms with Crippen LogP contribution in [0.1, 0.15) is 0 Å². The Labute approximate surface area is 242 Å². The maximum absolute atomic E-state index is 5.15. The predicted molar refractivity (Wildman–Crippen MR) is 177 cm³/mol. The van der Waals surface area contributed by atoms with E-state index >= 15 is 0 Å². The van der Waals surface area contributed by atoms with Crippen molar-refractivity contribution in [3.63, 3.8) is 0 Å². The minimum absolute atomic E-state index is 0.929. The topological polar surface area (TPSA) is 25.8 Å². The third-order valence-corrected chi connectivity index (χ3v) is 8.61. The second-order valence-electron chi connectivity index (χ2n) is 11.0. The summed E-state index contributed by atoms with van der Waals surface area (Å²) in [6, 6.07) is 52.0. The van der Waals surface area contributed by atoms with Gasteiger partial charge in [-0.05, 0) is 55.6 Å². The van der Waals surface area contributed by atoms with Crippen molar-refractivity contribution in [3.05, 3.63) is 146 Å². The van der Waals surface area contributed by atoms with Crippen LogP contribution in [-0.4, -0.2) is 9.97 Å². The summed E-state index contributed by atoms with van der Waals surface area (Å²) in [7, 11) is 0. The second kappa shape index (κ2) is 8.95. The molecule has 0 aliphatic heterocycles. The zero-order valence-corrected chi connectivity index (χ0v) is 22.8. The smallest absolute Gasteiger partial charge is 0.0972 e. The zero-order chi connectivity index (χ0) is 27.6. The van der Waals surface area contributed by atoms with Gasteiger partial charge in [-0.2, -0.15) is 0 Å². The molecule has 0 atom stereocenters. The fraction of sp³-hybridized carbons (Fsp3) is 0. The Morgan fingerprint density at radius 2 is 0.810 bits per heavy atom. The Hall–Kier alpha value is -5.60. The van der Waals surface area contributed by atoms with Crippen molar-refractivity contribution < 1.29 is 0 Å². The molecule has 0 N–H and O–H groups in total. The second-order valence-corrected chi connectivity index (χ2v) is 11.0. The van der Waals surface area contributed by atoms with Gasteiger partial charge in [0.05, 0.1) is 22.4 Å². The molecule has 0 radical (unpaired) electrons. The van der Waals surface area contributed by atoms with Gasteiger partial charge in [0.2, 0.25) is 0 Å². The third-order valence-electron chi connectivity index (χ3n) is 8.61. The molecule has 0 fully saturated rings. The number of fused-ring (bicyclic) bond motifs is 3. The Morgan fingerprint density at radius 3 is 1.48 bits per heavy atom. The average Bonchev–Trinajstić information content (AvgIpc) is 3.07. The van der Waals surface area contributed by atoms with Gasteiger partial charge in [0, 0.05) is 21.9 Å². The highest BCUT2D eigenvalue weighted by molar-refractivity contribution is 6.25. The molecule has 9 aromatic rings. The van der Waals surface area contributed by atoms with Gasteiger partial charge in [-0.15, -0.1) is 0 Å². The summed E-state index contributed by atoms with van der Waals surface area (Å²) >= 11 is 0. The van der Waals surface area contributed by atoms with Crippen LogP contribution in [0.15, 0.2) is 146 Å². The van der Waals surface area contributed by atoms with Crippen molar-refractivity contribution in [2.45, 2.75) is 0 Å². The molecule has 42 heavy (non-hydrogen) atoms. The first kappa shape index (κ1) is 23.1. The van der Waals surface area contributed by atoms with E-state index in [1.807, 2.05) is 18.2 Å². The van der Waals surface area contributed by atoms with Gasteiger partial charge < -0.3 is 0 Å². The molecule has 194 valence electrons. The standard InChI is InChI=1S/C40H24N2/c1-2-5-26(6-3-1)35-23-19-31-15-16-32-20-24-36(42-40(32)39(31)41-35)27-11-9-25(10-12-27)33-21-17-30-14-13-28-7-4-8-29-18-22-34(33)38(30)37(28)29/h1-24H. The number of nitrogens with zero attached hydrogens (tertiary/aromatic N) is 2. The summed E-state index contributed by atoms with van der Waals surface area (Å²) in [5.41, 5.74) is 8.42. The van der Waals surface area contributed by atoms with E-state index < -0.39 is 0 Å². The molecule has 2 aromatic heterocycles. The Balaban J connectivity index is 1.15. The van der Waals surface area contributed by atoms with Crippen LogP contribution >= 0.6 is 0 Å². The Morgan fingerprint density at radius 1 is 0.310 bits per heavy atom. The molecule has 0 aliphatic carbocycles. The van der Waals surface area contributed by atoms with Gasteiger partial charge in [0.1, 0.15) is 0 Å². The van der Waals surface area contributed by atoms with E-state index in [1.54, 1.807) is 0 Å². The number of pyridine rings is 2. The summed E-state index contributed by atoms with van der Waals surface area (Å²) in [6.07, 6.45) is 0. The van der Waals surface area contributed by atoms with Crippen LogP contribution in [0.5, 0.6) is 0 Å². The summed E-state index contributed by atoms with van der Waals surface area (Å²) in [6.45, 7) is 0. The molecule has 0 saturated carbocycles. The molecule has 0 amide bonds. The minimum atomic E-state index is 0.929. The highest BCUT2D eigenvalue weighted by Crippen LogP contribution is 2.39. The fourth-order valence-electron chi connectivity index (χ4n) is 6.51. The first-order valence-corrected chi connectivity index (χ1v) is 14.3. The lowest BCUT2D eigenvalue weighted by Gasteiger charge is -2.14. The van der Waals surface area contributed by atoms with E-state index in [-0.39, 0.29) is 0 Å². The molecule has 2 nitrogen and oxygen atoms in total. The molecule has 7 aromatic carbocycles. The number of rotatable bonds is 3. The largest absolute Gasteiger partial charge is 0.245 e. The van der Waals surface area contributed by atoms with Crippen molar-refractivity contribution in [1.29, 1.82) is 0 Å². The van der Waals surface area contributed by atoms with Crippen LogP contribution < -0.4 is 0 Å². The first-order chi connectivity index (χ1) is 20.8. The van der Waals surface area contributed by atoms with E-state index in [9.17, 15) is 0 Å². The lowest BCUT2D eigenvalue weighted by Crippen LogP contribution is -1.91. The molecular formula is C40H24N2. The van der Waals surface area contributed by atoms with Crippen molar-refractivity contribution >= 4 is 54.1 Å². The van der Waals surface area contributed by atoms with Crippen LogP contribution in [0.3, 0.4) is 0 Å². The molecule has 2 heteroatoms. The van der Waals surface area contributed by atoms with E-state index in [4.69, 9.17) is 9.97 Å². The van der Waals surface area contributed by atoms with Crippen LogP contribution in [0.4, 0.5) is 0 Å². The quantitative estimate of drug-likeness (QED) is 0.212. The molecule has 2 heterocycles. The summed E-state index contributed by atoms with van der Waals surface area (Å²) in [5.74, 6) is 0. The van der Waals surface area contributed by atoms with Crippen LogP contribution in [0, 0.1) is 0 Å². The predicted octanol–water partition coefficient (Wildman–Crippen LogP) is 10.7. The van der Waals surface area contributed by atoms with Crippen molar-refractivity contribution in [3.8, 4) is 33.6 Å². The van der Waals surface area contributed by atoms with Gasteiger partial charge in [0.25, 0.3) is 0 Å². The van der Waals surface area contributed by atoms with Crippen LogP contribution in [0.25, 0.3) is 87.8 Å². The van der Waals surface area contributed by atoms with Gasteiger partial charge in [0.15, 0.2) is 0 Å². The summed E-state index contributed by atoms with van der Waals surface area (Å²) < 4.78 is 0. The van der Waals surface area contributed by atoms with E-state index in [0.29, 0.717) is 0 Å². The highest BCUT2D eigenvalue weighted by Gasteiger charge is 2.13. The summed E-state index contributed by atoms with van der Waals surface area (Å²) in [5, 5.41) is 10.0. The first-order valence-electron chi connectivity index (χ1n) is 14.3. The molecule has 0 bridgehead atoms. The van der Waals surface area contributed by atoms with E-state index in [0.717, 1.165) is 44.3 Å². The van der Waals surface area contributed by atoms with Crippen molar-refractivity contribution in [2.24, 2.45) is 0 Å². The Kier molecular flexibility index (Phi) is 4.93. The maximum atomic E-state index is 5.15. The normalized spacial score (nSPS) is 11.8. The SMILES string of the molecule is c1ccc(-c2ccc3ccc4ccc(-c5ccc(-c6ccc7ccc8cccc9ccc6c7c89)cc5)nc4c3n2)cc1. The Bertz CT molecular complexity index is 2430. The third kappa shape index (κ3) is 3.52. The molecule has 0 unspecified atom stereocenters. The van der Waals surface area contributed by atoms with Crippen molar-refractivity contribution in [1.82, 2.24) is 9.97 Å². The molecule has 0 saturated heterocycles. The molecular weight excluding hydrogens is 508 g/mol. The number of hydrogen-bond acceptors (Lipinski definition) is 2. The molecule has 0 aliphatic rings. The summed E-state index contributed by atoms with van der Waals surface area (Å²) in [4.78, 5) is 10.2. The number of aromatic nitrogens is 2. The minimum Gasteiger partial charge on any atom is -0.245 e. The fourth-order valence-corrected chi connectivity index (χ4v) is 6.51. The lowest BCUT2D eigenvalue weighted by molar-refractivity contribution is 1.36. The van der Waals surface area contributed by atoms with Gasteiger partial charge in [-0.25, -0.2) is 9.97 Å². The van der Waals surface area contributed by atoms with Gasteiger partial charge in [-0.1, -0.05) is 133 Å². The van der Waals surface area contributed by atoms with E-state index in [1.165, 1.54) is 43.4 Å². The number of hydrogen-bond donors (Lipinski definition) is 0. The zero-order valence-electron chi connectivity index (χ0n) is 22.8. The van der Waals surface area contributed by atoms with Gasteiger partial charge in [-0.3, -0.25) is 0 Å². The lowest BCUT2D eigenvalue weighted by atomic mass is 9.89. The van der Waals surface area contributed by atoms with Crippen LogP contribution in [-0.2, 0) is 0 Å². The molecule has 0 spiro atoms. The maximum Gasteiger partial charge on any atom is 0.0972 e. The monoisotopic (exact) mass is 532 g/mol. The van der Waals surface area contributed by atoms with Gasteiger partial charge >= 0.3 is 0 Å². The van der Waals surface area contributed by atoms with Crippen molar-refractivity contribution in [2.75, 3.05) is 0 Å². The van der Waals surface area contributed by atoms with E-state index in [2.05, 4.69) is 127 Å². The number of benzene rings is 7.